The van der Waals surface area contributed by atoms with Crippen LogP contribution in [0, 0.1) is 0 Å². The van der Waals surface area contributed by atoms with Gasteiger partial charge in [0, 0.05) is 12.6 Å². The zero-order valence-electron chi connectivity index (χ0n) is 9.93. The molecule has 0 atom stereocenters. The summed E-state index contributed by atoms with van der Waals surface area (Å²) in [6.07, 6.45) is 1.46. The summed E-state index contributed by atoms with van der Waals surface area (Å²) in [7, 11) is 0. The van der Waals surface area contributed by atoms with Crippen LogP contribution >= 0.6 is 0 Å². The van der Waals surface area contributed by atoms with Crippen LogP contribution in [0.2, 0.25) is 0 Å². The van der Waals surface area contributed by atoms with E-state index in [9.17, 15) is 4.79 Å². The van der Waals surface area contributed by atoms with Crippen LogP contribution in [0.5, 0.6) is 5.75 Å². The summed E-state index contributed by atoms with van der Waals surface area (Å²) in [6, 6.07) is 7.04. The molecule has 0 saturated carbocycles. The van der Waals surface area contributed by atoms with Crippen molar-refractivity contribution in [2.75, 3.05) is 18.1 Å². The highest BCUT2D eigenvalue weighted by atomic mass is 16.5. The van der Waals surface area contributed by atoms with E-state index in [1.54, 1.807) is 30.3 Å². The minimum atomic E-state index is -0.951. The fourth-order valence-corrected chi connectivity index (χ4v) is 1.46. The third kappa shape index (κ3) is 3.83. The second kappa shape index (κ2) is 6.58. The van der Waals surface area contributed by atoms with Crippen LogP contribution in [0.1, 0.15) is 13.3 Å². The van der Waals surface area contributed by atoms with E-state index in [2.05, 4.69) is 6.58 Å². The van der Waals surface area contributed by atoms with E-state index in [1.165, 1.54) is 4.90 Å². The number of rotatable bonds is 6. The minimum absolute atomic E-state index is 0.407. The Bertz CT molecular complexity index is 390. The van der Waals surface area contributed by atoms with E-state index < -0.39 is 6.09 Å². The summed E-state index contributed by atoms with van der Waals surface area (Å²) in [4.78, 5) is 12.4. The van der Waals surface area contributed by atoms with E-state index in [4.69, 9.17) is 9.84 Å². The molecule has 0 fully saturated rings. The predicted octanol–water partition coefficient (Wildman–Crippen LogP) is 3.15. The van der Waals surface area contributed by atoms with Crippen LogP contribution in [-0.2, 0) is 0 Å². The van der Waals surface area contributed by atoms with Crippen molar-refractivity contribution in [3.8, 4) is 5.75 Å². The molecule has 1 aromatic rings. The maximum atomic E-state index is 11.1. The summed E-state index contributed by atoms with van der Waals surface area (Å²) in [5.74, 6) is 0.643. The Morgan fingerprint density at radius 1 is 1.59 bits per heavy atom. The summed E-state index contributed by atoms with van der Waals surface area (Å²) in [5.41, 5.74) is 0.626. The molecule has 0 bridgehead atoms. The summed E-state index contributed by atoms with van der Waals surface area (Å²) < 4.78 is 5.37. The van der Waals surface area contributed by atoms with E-state index >= 15 is 0 Å². The summed E-state index contributed by atoms with van der Waals surface area (Å²) in [5, 5.41) is 9.09. The molecule has 0 aliphatic heterocycles. The molecule has 92 valence electrons. The standard InChI is InChI=1S/C13H17NO3/c1-3-8-14(13(15)16)11-6-5-7-12(10-11)17-9-4-2/h4-7,10H,2-3,8-9H2,1H3,(H,15,16). The molecule has 0 radical (unpaired) electrons. The Hall–Kier alpha value is -1.97. The molecule has 1 aromatic carbocycles. The second-order valence-corrected chi connectivity index (χ2v) is 3.53. The number of ether oxygens (including phenoxy) is 1. The van der Waals surface area contributed by atoms with Gasteiger partial charge in [-0.05, 0) is 18.6 Å². The first kappa shape index (κ1) is 13.1. The molecule has 1 amide bonds. The number of carbonyl (C=O) groups is 1. The fraction of sp³-hybridized carbons (Fsp3) is 0.308. The van der Waals surface area contributed by atoms with Crippen molar-refractivity contribution in [3.63, 3.8) is 0 Å². The lowest BCUT2D eigenvalue weighted by molar-refractivity contribution is 0.202. The van der Waals surface area contributed by atoms with Crippen LogP contribution in [0.3, 0.4) is 0 Å². The molecule has 0 heterocycles. The lowest BCUT2D eigenvalue weighted by atomic mass is 10.2. The average molecular weight is 235 g/mol. The van der Waals surface area contributed by atoms with Crippen molar-refractivity contribution in [2.45, 2.75) is 13.3 Å². The number of hydrogen-bond donors (Lipinski definition) is 1. The molecule has 0 aromatic heterocycles. The van der Waals surface area contributed by atoms with Gasteiger partial charge in [-0.2, -0.15) is 0 Å². The van der Waals surface area contributed by atoms with E-state index in [0.717, 1.165) is 6.42 Å². The van der Waals surface area contributed by atoms with Gasteiger partial charge in [-0.3, -0.25) is 4.90 Å². The second-order valence-electron chi connectivity index (χ2n) is 3.53. The van der Waals surface area contributed by atoms with Crippen molar-refractivity contribution >= 4 is 11.8 Å². The first-order valence-electron chi connectivity index (χ1n) is 5.53. The molecule has 4 nitrogen and oxygen atoms in total. The van der Waals surface area contributed by atoms with Crippen molar-refractivity contribution in [3.05, 3.63) is 36.9 Å². The highest BCUT2D eigenvalue weighted by molar-refractivity contribution is 5.86. The first-order chi connectivity index (χ1) is 8.19. The Morgan fingerprint density at radius 3 is 2.94 bits per heavy atom. The van der Waals surface area contributed by atoms with Gasteiger partial charge in [-0.1, -0.05) is 25.6 Å². The smallest absolute Gasteiger partial charge is 0.411 e. The molecule has 0 saturated heterocycles. The molecule has 0 aliphatic rings. The molecule has 4 heteroatoms. The summed E-state index contributed by atoms with van der Waals surface area (Å²) in [6.45, 7) is 6.38. The number of carboxylic acid groups (broad SMARTS) is 1. The zero-order valence-corrected chi connectivity index (χ0v) is 9.93. The lowest BCUT2D eigenvalue weighted by Gasteiger charge is -2.19. The van der Waals surface area contributed by atoms with Crippen LogP contribution in [0.25, 0.3) is 0 Å². The predicted molar refractivity (Wildman–Crippen MR) is 67.8 cm³/mol. The minimum Gasteiger partial charge on any atom is -0.489 e. The molecule has 1 N–H and O–H groups in total. The maximum absolute atomic E-state index is 11.1. The van der Waals surface area contributed by atoms with Crippen molar-refractivity contribution in [2.24, 2.45) is 0 Å². The number of anilines is 1. The average Bonchev–Trinajstić information content (AvgIpc) is 2.33. The van der Waals surface area contributed by atoms with Crippen LogP contribution < -0.4 is 9.64 Å². The topological polar surface area (TPSA) is 49.8 Å². The molecule has 0 spiro atoms. The molecule has 1 rings (SSSR count). The van der Waals surface area contributed by atoms with Gasteiger partial charge in [0.05, 0.1) is 5.69 Å². The van der Waals surface area contributed by atoms with Gasteiger partial charge in [-0.15, -0.1) is 0 Å². The van der Waals surface area contributed by atoms with Crippen LogP contribution in [0.15, 0.2) is 36.9 Å². The molecular formula is C13H17NO3. The number of hydrogen-bond acceptors (Lipinski definition) is 2. The van der Waals surface area contributed by atoms with Gasteiger partial charge >= 0.3 is 6.09 Å². The zero-order chi connectivity index (χ0) is 12.7. The van der Waals surface area contributed by atoms with Gasteiger partial charge in [0.1, 0.15) is 12.4 Å². The quantitative estimate of drug-likeness (QED) is 0.770. The van der Waals surface area contributed by atoms with Gasteiger partial charge in [0.2, 0.25) is 0 Å². The molecule has 0 unspecified atom stereocenters. The fourth-order valence-electron chi connectivity index (χ4n) is 1.46. The van der Waals surface area contributed by atoms with Gasteiger partial charge in [0.15, 0.2) is 0 Å². The SMILES string of the molecule is C=CCOc1cccc(N(CCC)C(=O)O)c1. The lowest BCUT2D eigenvalue weighted by Crippen LogP contribution is -2.29. The monoisotopic (exact) mass is 235 g/mol. The normalized spacial score (nSPS) is 9.71. The number of amides is 1. The Labute approximate surface area is 101 Å². The van der Waals surface area contributed by atoms with Gasteiger partial charge in [-0.25, -0.2) is 4.79 Å². The Balaban J connectivity index is 2.87. The maximum Gasteiger partial charge on any atom is 0.411 e. The number of nitrogens with zero attached hydrogens (tertiary/aromatic N) is 1. The van der Waals surface area contributed by atoms with Crippen LogP contribution in [-0.4, -0.2) is 24.4 Å². The summed E-state index contributed by atoms with van der Waals surface area (Å²) >= 11 is 0. The van der Waals surface area contributed by atoms with Crippen LogP contribution in [0.4, 0.5) is 10.5 Å². The van der Waals surface area contributed by atoms with Crippen molar-refractivity contribution in [1.29, 1.82) is 0 Å². The Morgan fingerprint density at radius 2 is 2.35 bits per heavy atom. The third-order valence-electron chi connectivity index (χ3n) is 2.18. The molecule has 0 aliphatic carbocycles. The van der Waals surface area contributed by atoms with E-state index in [1.807, 2.05) is 6.92 Å². The largest absolute Gasteiger partial charge is 0.489 e. The highest BCUT2D eigenvalue weighted by Gasteiger charge is 2.13. The van der Waals surface area contributed by atoms with Crippen molar-refractivity contribution < 1.29 is 14.6 Å². The molecular weight excluding hydrogens is 218 g/mol. The number of benzene rings is 1. The van der Waals surface area contributed by atoms with E-state index in [0.29, 0.717) is 24.6 Å². The highest BCUT2D eigenvalue weighted by Crippen LogP contribution is 2.21. The van der Waals surface area contributed by atoms with E-state index in [-0.39, 0.29) is 0 Å². The van der Waals surface area contributed by atoms with Gasteiger partial charge < -0.3 is 9.84 Å². The Kier molecular flexibility index (Phi) is 5.07. The van der Waals surface area contributed by atoms with Crippen molar-refractivity contribution in [1.82, 2.24) is 0 Å². The third-order valence-corrected chi connectivity index (χ3v) is 2.18. The first-order valence-corrected chi connectivity index (χ1v) is 5.53. The van der Waals surface area contributed by atoms with Gasteiger partial charge in [0.25, 0.3) is 0 Å². The molecule has 17 heavy (non-hydrogen) atoms.